The van der Waals surface area contributed by atoms with Gasteiger partial charge in [-0.3, -0.25) is 4.79 Å². The molecule has 4 rings (SSSR count). The lowest BCUT2D eigenvalue weighted by molar-refractivity contribution is -0.117. The van der Waals surface area contributed by atoms with E-state index >= 15 is 0 Å². The van der Waals surface area contributed by atoms with Crippen LogP contribution in [0.25, 0.3) is 11.4 Å². The fourth-order valence-corrected chi connectivity index (χ4v) is 3.47. The molecule has 2 aromatic carbocycles. The second kappa shape index (κ2) is 8.59. The smallest absolute Gasteiger partial charge is 0.246 e. The first-order chi connectivity index (χ1) is 14.1. The van der Waals surface area contributed by atoms with Crippen molar-refractivity contribution < 1.29 is 9.32 Å². The first-order valence-electron chi connectivity index (χ1n) is 9.13. The lowest BCUT2D eigenvalue weighted by Gasteiger charge is -2.16. The Balaban J connectivity index is 1.31. The Kier molecular flexibility index (Phi) is 5.73. The Morgan fingerprint density at radius 2 is 2.00 bits per heavy atom. The Bertz CT molecular complexity index is 1040. The molecule has 1 saturated heterocycles. The summed E-state index contributed by atoms with van der Waals surface area (Å²) in [4.78, 5) is 18.0. The van der Waals surface area contributed by atoms with Gasteiger partial charge in [0.2, 0.25) is 17.6 Å². The molecule has 0 radical (unpaired) electrons. The van der Waals surface area contributed by atoms with E-state index in [-0.39, 0.29) is 12.5 Å². The van der Waals surface area contributed by atoms with E-state index in [1.54, 1.807) is 11.0 Å². The third kappa shape index (κ3) is 4.55. The predicted octanol–water partition coefficient (Wildman–Crippen LogP) is 4.00. The zero-order chi connectivity index (χ0) is 20.2. The molecule has 0 spiro atoms. The molecule has 0 saturated carbocycles. The van der Waals surface area contributed by atoms with Crippen molar-refractivity contribution in [3.05, 3.63) is 59.4 Å². The highest BCUT2D eigenvalue weighted by atomic mass is 35.5. The maximum atomic E-state index is 11.8. The summed E-state index contributed by atoms with van der Waals surface area (Å²) in [6, 6.07) is 14.9. The highest BCUT2D eigenvalue weighted by Gasteiger charge is 2.21. The maximum absolute atomic E-state index is 11.8. The van der Waals surface area contributed by atoms with E-state index in [0.29, 0.717) is 33.8 Å². The summed E-state index contributed by atoms with van der Waals surface area (Å²) >= 11 is 11.5. The van der Waals surface area contributed by atoms with E-state index in [2.05, 4.69) is 20.8 Å². The zero-order valence-corrected chi connectivity index (χ0v) is 17.0. The molecule has 1 aliphatic rings. The SMILES string of the molecule is O=C1CCCN1c1ccc(NC(=S)NCc2nc(-c3ccccc3Cl)no2)cc1. The summed E-state index contributed by atoms with van der Waals surface area (Å²) in [5.41, 5.74) is 2.43. The van der Waals surface area contributed by atoms with Crippen molar-refractivity contribution in [1.82, 2.24) is 15.5 Å². The highest BCUT2D eigenvalue weighted by Crippen LogP contribution is 2.25. The van der Waals surface area contributed by atoms with Crippen molar-refractivity contribution in [3.63, 3.8) is 0 Å². The predicted molar refractivity (Wildman–Crippen MR) is 116 cm³/mol. The molecular weight excluding hydrogens is 410 g/mol. The van der Waals surface area contributed by atoms with E-state index in [4.69, 9.17) is 28.3 Å². The van der Waals surface area contributed by atoms with Gasteiger partial charge in [-0.2, -0.15) is 4.98 Å². The molecule has 2 heterocycles. The van der Waals surface area contributed by atoms with Crippen molar-refractivity contribution in [2.24, 2.45) is 0 Å². The number of hydrogen-bond acceptors (Lipinski definition) is 5. The van der Waals surface area contributed by atoms with Crippen molar-refractivity contribution in [2.75, 3.05) is 16.8 Å². The number of hydrogen-bond donors (Lipinski definition) is 2. The second-order valence-electron chi connectivity index (χ2n) is 6.50. The zero-order valence-electron chi connectivity index (χ0n) is 15.4. The molecule has 1 aromatic heterocycles. The average molecular weight is 428 g/mol. The third-order valence-corrected chi connectivity index (χ3v) is 5.07. The fourth-order valence-electron chi connectivity index (χ4n) is 3.06. The quantitative estimate of drug-likeness (QED) is 0.595. The molecule has 1 amide bonds. The third-order valence-electron chi connectivity index (χ3n) is 4.49. The minimum atomic E-state index is 0.165. The topological polar surface area (TPSA) is 83.3 Å². The van der Waals surface area contributed by atoms with Crippen LogP contribution in [-0.4, -0.2) is 27.7 Å². The summed E-state index contributed by atoms with van der Waals surface area (Å²) < 4.78 is 5.25. The van der Waals surface area contributed by atoms with Crippen LogP contribution in [0.1, 0.15) is 18.7 Å². The van der Waals surface area contributed by atoms with Crippen LogP contribution in [0.3, 0.4) is 0 Å². The van der Waals surface area contributed by atoms with Crippen LogP contribution in [0, 0.1) is 0 Å². The van der Waals surface area contributed by atoms with E-state index in [1.807, 2.05) is 42.5 Å². The van der Waals surface area contributed by atoms with E-state index < -0.39 is 0 Å². The number of carbonyl (C=O) groups is 1. The lowest BCUT2D eigenvalue weighted by atomic mass is 10.2. The minimum Gasteiger partial charge on any atom is -0.353 e. The monoisotopic (exact) mass is 427 g/mol. The van der Waals surface area contributed by atoms with Crippen LogP contribution >= 0.6 is 23.8 Å². The number of anilines is 2. The summed E-state index contributed by atoms with van der Waals surface area (Å²) in [5, 5.41) is 11.1. The van der Waals surface area contributed by atoms with Crippen molar-refractivity contribution in [2.45, 2.75) is 19.4 Å². The molecule has 0 atom stereocenters. The largest absolute Gasteiger partial charge is 0.353 e. The fraction of sp³-hybridized carbons (Fsp3) is 0.200. The maximum Gasteiger partial charge on any atom is 0.246 e. The van der Waals surface area contributed by atoms with Crippen LogP contribution in [0.15, 0.2) is 53.1 Å². The van der Waals surface area contributed by atoms with Crippen LogP contribution < -0.4 is 15.5 Å². The molecule has 1 aliphatic heterocycles. The molecule has 148 valence electrons. The van der Waals surface area contributed by atoms with Gasteiger partial charge in [-0.15, -0.1) is 0 Å². The normalized spacial score (nSPS) is 13.6. The standard InChI is InChI=1S/C20H18ClN5O2S/c21-16-5-2-1-4-15(16)19-24-17(28-25-19)12-22-20(29)23-13-7-9-14(10-8-13)26-11-3-6-18(26)27/h1-2,4-5,7-10H,3,6,11-12H2,(H2,22,23,29). The van der Waals surface area contributed by atoms with E-state index in [9.17, 15) is 4.79 Å². The number of amides is 1. The van der Waals surface area contributed by atoms with Gasteiger partial charge in [0.25, 0.3) is 0 Å². The molecule has 3 aromatic rings. The van der Waals surface area contributed by atoms with Crippen LogP contribution in [0.5, 0.6) is 0 Å². The molecular formula is C20H18ClN5O2S. The number of halogens is 1. The molecule has 1 fully saturated rings. The first kappa shape index (κ1) is 19.4. The summed E-state index contributed by atoms with van der Waals surface area (Å²) in [5.74, 6) is 0.990. The van der Waals surface area contributed by atoms with Crippen LogP contribution in [0.2, 0.25) is 5.02 Å². The molecule has 7 nitrogen and oxygen atoms in total. The van der Waals surface area contributed by atoms with Gasteiger partial charge in [0.15, 0.2) is 5.11 Å². The van der Waals surface area contributed by atoms with Crippen molar-refractivity contribution in [3.8, 4) is 11.4 Å². The van der Waals surface area contributed by atoms with Gasteiger partial charge < -0.3 is 20.1 Å². The van der Waals surface area contributed by atoms with Crippen molar-refractivity contribution >= 4 is 46.2 Å². The molecule has 2 N–H and O–H groups in total. The van der Waals surface area contributed by atoms with Crippen LogP contribution in [-0.2, 0) is 11.3 Å². The van der Waals surface area contributed by atoms with Gasteiger partial charge in [-0.05, 0) is 55.0 Å². The lowest BCUT2D eigenvalue weighted by Crippen LogP contribution is -2.28. The molecule has 9 heteroatoms. The molecule has 0 bridgehead atoms. The Hall–Kier alpha value is -2.97. The molecule has 29 heavy (non-hydrogen) atoms. The highest BCUT2D eigenvalue weighted by molar-refractivity contribution is 7.80. The summed E-state index contributed by atoms with van der Waals surface area (Å²) in [7, 11) is 0. The van der Waals surface area contributed by atoms with Crippen molar-refractivity contribution in [1.29, 1.82) is 0 Å². The Morgan fingerprint density at radius 1 is 1.21 bits per heavy atom. The number of thiocarbonyl (C=S) groups is 1. The number of nitrogens with one attached hydrogen (secondary N) is 2. The number of benzene rings is 2. The van der Waals surface area contributed by atoms with E-state index in [1.165, 1.54) is 0 Å². The van der Waals surface area contributed by atoms with Gasteiger partial charge in [-0.1, -0.05) is 28.9 Å². The van der Waals surface area contributed by atoms with Gasteiger partial charge in [0.05, 0.1) is 11.6 Å². The number of rotatable bonds is 5. The van der Waals surface area contributed by atoms with Crippen LogP contribution in [0.4, 0.5) is 11.4 Å². The molecule has 0 unspecified atom stereocenters. The van der Waals surface area contributed by atoms with Gasteiger partial charge in [0.1, 0.15) is 0 Å². The number of aromatic nitrogens is 2. The van der Waals surface area contributed by atoms with Gasteiger partial charge >= 0.3 is 0 Å². The van der Waals surface area contributed by atoms with Gasteiger partial charge in [-0.25, -0.2) is 0 Å². The Labute approximate surface area is 178 Å². The summed E-state index contributed by atoms with van der Waals surface area (Å²) in [6.45, 7) is 1.05. The first-order valence-corrected chi connectivity index (χ1v) is 9.91. The average Bonchev–Trinajstić information content (AvgIpc) is 3.36. The minimum absolute atomic E-state index is 0.165. The number of nitrogens with zero attached hydrogens (tertiary/aromatic N) is 3. The summed E-state index contributed by atoms with van der Waals surface area (Å²) in [6.07, 6.45) is 1.52. The van der Waals surface area contributed by atoms with E-state index in [0.717, 1.165) is 24.3 Å². The second-order valence-corrected chi connectivity index (χ2v) is 7.31. The number of carbonyl (C=O) groups excluding carboxylic acids is 1. The molecule has 0 aliphatic carbocycles. The Morgan fingerprint density at radius 3 is 2.72 bits per heavy atom. The van der Waals surface area contributed by atoms with Gasteiger partial charge in [0, 0.05) is 29.9 Å².